The number of aromatic nitrogens is 2. The number of amides is 1. The molecule has 2 N–H and O–H groups in total. The predicted octanol–water partition coefficient (Wildman–Crippen LogP) is 5.80. The van der Waals surface area contributed by atoms with Crippen LogP contribution in [0.3, 0.4) is 0 Å². The smallest absolute Gasteiger partial charge is 0.257 e. The molecule has 0 spiro atoms. The molecule has 1 aliphatic rings. The van der Waals surface area contributed by atoms with Crippen LogP contribution < -0.4 is 5.32 Å². The van der Waals surface area contributed by atoms with E-state index in [1.54, 1.807) is 36.3 Å². The van der Waals surface area contributed by atoms with Gasteiger partial charge in [-0.2, -0.15) is 0 Å². The molecule has 0 radical (unpaired) electrons. The van der Waals surface area contributed by atoms with Crippen molar-refractivity contribution in [1.82, 2.24) is 9.97 Å². The fourth-order valence-corrected chi connectivity index (χ4v) is 5.40. The number of carbonyl (C=O) groups is 1. The second-order valence-electron chi connectivity index (χ2n) is 9.12. The molecule has 3 heterocycles. The highest BCUT2D eigenvalue weighted by molar-refractivity contribution is 7.99. The molecule has 4 atom stereocenters. The van der Waals surface area contributed by atoms with Gasteiger partial charge in [-0.15, -0.1) is 11.8 Å². The van der Waals surface area contributed by atoms with E-state index >= 15 is 0 Å². The van der Waals surface area contributed by atoms with Crippen molar-refractivity contribution in [2.75, 3.05) is 11.1 Å². The largest absolute Gasteiger partial charge is 0.392 e. The van der Waals surface area contributed by atoms with Gasteiger partial charge < -0.3 is 19.9 Å². The number of nitrogens with zero attached hydrogens (tertiary/aromatic N) is 2. The molecule has 7 nitrogen and oxygen atoms in total. The van der Waals surface area contributed by atoms with E-state index in [-0.39, 0.29) is 30.6 Å². The molecule has 0 bridgehead atoms. The molecule has 8 heteroatoms. The minimum absolute atomic E-state index is 0.00596. The van der Waals surface area contributed by atoms with Crippen molar-refractivity contribution in [3.8, 4) is 0 Å². The number of pyridine rings is 2. The van der Waals surface area contributed by atoms with Gasteiger partial charge in [0.1, 0.15) is 0 Å². The molecule has 1 fully saturated rings. The van der Waals surface area contributed by atoms with Crippen molar-refractivity contribution in [1.29, 1.82) is 0 Å². The molecular formula is C30H29N3O4S. The van der Waals surface area contributed by atoms with Crippen LogP contribution in [-0.4, -0.2) is 32.8 Å². The van der Waals surface area contributed by atoms with Gasteiger partial charge in [-0.3, -0.25) is 9.78 Å². The number of hydrogen-bond donors (Lipinski definition) is 2. The second-order valence-corrected chi connectivity index (χ2v) is 10.2. The SMILES string of the molecule is C[C@@H]1[C@H](CSc2ccccn2)O[C@H](c2cccc(NC(=O)c3cccnc3)c2)O[C@@H]1c1ccc(CO)cc1. The maximum absolute atomic E-state index is 12.7. The van der Waals surface area contributed by atoms with Crippen molar-refractivity contribution in [2.45, 2.75) is 37.1 Å². The Morgan fingerprint density at radius 1 is 0.974 bits per heavy atom. The summed E-state index contributed by atoms with van der Waals surface area (Å²) in [5.74, 6) is 0.539. The topological polar surface area (TPSA) is 93.6 Å². The molecule has 0 saturated carbocycles. The summed E-state index contributed by atoms with van der Waals surface area (Å²) in [6, 6.07) is 24.7. The van der Waals surface area contributed by atoms with Crippen LogP contribution in [0.4, 0.5) is 5.69 Å². The average molecular weight is 528 g/mol. The molecule has 1 saturated heterocycles. The Bertz CT molecular complexity index is 1340. The molecule has 0 aliphatic carbocycles. The van der Waals surface area contributed by atoms with Gasteiger partial charge in [0.15, 0.2) is 6.29 Å². The van der Waals surface area contributed by atoms with Crippen molar-refractivity contribution in [3.63, 3.8) is 0 Å². The monoisotopic (exact) mass is 527 g/mol. The molecule has 1 aliphatic heterocycles. The summed E-state index contributed by atoms with van der Waals surface area (Å²) in [4.78, 5) is 21.1. The van der Waals surface area contributed by atoms with E-state index in [1.165, 1.54) is 6.20 Å². The number of rotatable bonds is 8. The summed E-state index contributed by atoms with van der Waals surface area (Å²) in [6.45, 7) is 2.13. The highest BCUT2D eigenvalue weighted by Crippen LogP contribution is 2.43. The standard InChI is InChI=1S/C30H29N3O4S/c1-20-26(19-38-27-9-2-3-15-32-27)36-30(37-28(20)22-12-10-21(18-34)11-13-22)23-6-4-8-25(16-23)33-29(35)24-7-5-14-31-17-24/h2-17,20,26,28,30,34H,18-19H2,1H3,(H,33,35)/t20-,26+,28+,30+/m1/s1. The zero-order valence-electron chi connectivity index (χ0n) is 20.9. The summed E-state index contributed by atoms with van der Waals surface area (Å²) < 4.78 is 13.1. The predicted molar refractivity (Wildman–Crippen MR) is 147 cm³/mol. The number of benzene rings is 2. The highest BCUT2D eigenvalue weighted by Gasteiger charge is 2.38. The van der Waals surface area contributed by atoms with Gasteiger partial charge in [0, 0.05) is 41.5 Å². The lowest BCUT2D eigenvalue weighted by atomic mass is 9.91. The van der Waals surface area contributed by atoms with Crippen molar-refractivity contribution in [2.24, 2.45) is 5.92 Å². The van der Waals surface area contributed by atoms with E-state index in [9.17, 15) is 9.90 Å². The molecule has 38 heavy (non-hydrogen) atoms. The fourth-order valence-electron chi connectivity index (χ4n) is 4.37. The summed E-state index contributed by atoms with van der Waals surface area (Å²) in [5, 5.41) is 13.3. The second kappa shape index (κ2) is 12.3. The summed E-state index contributed by atoms with van der Waals surface area (Å²) in [7, 11) is 0. The fraction of sp³-hybridized carbons (Fsp3) is 0.233. The molecule has 0 unspecified atom stereocenters. The van der Waals surface area contributed by atoms with E-state index in [1.807, 2.05) is 66.7 Å². The first-order valence-corrected chi connectivity index (χ1v) is 13.4. The lowest BCUT2D eigenvalue weighted by molar-refractivity contribution is -0.268. The van der Waals surface area contributed by atoms with Crippen molar-refractivity contribution >= 4 is 23.4 Å². The average Bonchev–Trinajstić information content (AvgIpc) is 2.98. The maximum Gasteiger partial charge on any atom is 0.257 e. The van der Waals surface area contributed by atoms with Crippen LogP contribution in [-0.2, 0) is 16.1 Å². The summed E-state index contributed by atoms with van der Waals surface area (Å²) >= 11 is 1.65. The lowest BCUT2D eigenvalue weighted by Crippen LogP contribution is -2.38. The van der Waals surface area contributed by atoms with Gasteiger partial charge in [-0.25, -0.2) is 4.98 Å². The zero-order chi connectivity index (χ0) is 26.3. The molecule has 2 aromatic carbocycles. The highest BCUT2D eigenvalue weighted by atomic mass is 32.2. The third-order valence-corrected chi connectivity index (χ3v) is 7.53. The van der Waals surface area contributed by atoms with Crippen LogP contribution >= 0.6 is 11.8 Å². The van der Waals surface area contributed by atoms with Gasteiger partial charge >= 0.3 is 0 Å². The Labute approximate surface area is 226 Å². The number of nitrogens with one attached hydrogen (secondary N) is 1. The lowest BCUT2D eigenvalue weighted by Gasteiger charge is -2.41. The molecule has 5 rings (SSSR count). The van der Waals surface area contributed by atoms with E-state index in [0.29, 0.717) is 17.0 Å². The van der Waals surface area contributed by atoms with E-state index in [4.69, 9.17) is 9.47 Å². The Kier molecular flexibility index (Phi) is 8.45. The van der Waals surface area contributed by atoms with Gasteiger partial charge in [0.05, 0.1) is 29.4 Å². The maximum atomic E-state index is 12.7. The summed E-state index contributed by atoms with van der Waals surface area (Å²) in [5.41, 5.74) is 3.81. The first kappa shape index (κ1) is 26.1. The third-order valence-electron chi connectivity index (χ3n) is 6.50. The summed E-state index contributed by atoms with van der Waals surface area (Å²) in [6.07, 6.45) is 3.99. The van der Waals surface area contributed by atoms with E-state index in [0.717, 1.165) is 21.7 Å². The van der Waals surface area contributed by atoms with Gasteiger partial charge in [0.25, 0.3) is 5.91 Å². The number of thioether (sulfide) groups is 1. The van der Waals surface area contributed by atoms with Gasteiger partial charge in [-0.05, 0) is 47.5 Å². The molecule has 4 aromatic rings. The first-order chi connectivity index (χ1) is 18.6. The minimum Gasteiger partial charge on any atom is -0.392 e. The van der Waals surface area contributed by atoms with Crippen molar-refractivity contribution in [3.05, 3.63) is 120 Å². The Hall–Kier alpha value is -3.56. The molecule has 194 valence electrons. The Balaban J connectivity index is 1.38. The normalized spacial score (nSPS) is 21.1. The molecule has 1 amide bonds. The number of carbonyl (C=O) groups excluding carboxylic acids is 1. The number of anilines is 1. The van der Waals surface area contributed by atoms with Crippen LogP contribution in [0.25, 0.3) is 0 Å². The van der Waals surface area contributed by atoms with Crippen LogP contribution in [0.15, 0.2) is 102 Å². The number of ether oxygens (including phenoxy) is 2. The zero-order valence-corrected chi connectivity index (χ0v) is 21.8. The minimum atomic E-state index is -0.627. The number of aliphatic hydroxyl groups excluding tert-OH is 1. The van der Waals surface area contributed by atoms with Crippen LogP contribution in [0.5, 0.6) is 0 Å². The van der Waals surface area contributed by atoms with E-state index in [2.05, 4.69) is 22.2 Å². The number of aliphatic hydroxyl groups is 1. The van der Waals surface area contributed by atoms with Crippen molar-refractivity contribution < 1.29 is 19.4 Å². The van der Waals surface area contributed by atoms with Gasteiger partial charge in [-0.1, -0.05) is 49.4 Å². The Morgan fingerprint density at radius 3 is 2.58 bits per heavy atom. The molecule has 2 aromatic heterocycles. The third kappa shape index (κ3) is 6.28. The van der Waals surface area contributed by atoms with Crippen LogP contribution in [0.1, 0.15) is 46.4 Å². The van der Waals surface area contributed by atoms with Crippen LogP contribution in [0.2, 0.25) is 0 Å². The Morgan fingerprint density at radius 2 is 1.84 bits per heavy atom. The molecular weight excluding hydrogens is 498 g/mol. The van der Waals surface area contributed by atoms with Crippen LogP contribution in [0, 0.1) is 5.92 Å². The quantitative estimate of drug-likeness (QED) is 0.280. The number of hydrogen-bond acceptors (Lipinski definition) is 7. The first-order valence-electron chi connectivity index (χ1n) is 12.5. The van der Waals surface area contributed by atoms with E-state index < -0.39 is 6.29 Å². The van der Waals surface area contributed by atoms with Gasteiger partial charge in [0.2, 0.25) is 0 Å².